The molecule has 7 heteroatoms. The molecule has 0 amide bonds. The predicted molar refractivity (Wildman–Crippen MR) is 91.8 cm³/mol. The van der Waals surface area contributed by atoms with Crippen molar-refractivity contribution in [2.24, 2.45) is 0 Å². The number of fused-ring (bicyclic) bond motifs is 1. The minimum absolute atomic E-state index is 0.0169. The molecule has 26 heavy (non-hydrogen) atoms. The van der Waals surface area contributed by atoms with Gasteiger partial charge in [-0.3, -0.25) is 14.7 Å². The van der Waals surface area contributed by atoms with Crippen LogP contribution >= 0.6 is 0 Å². The number of carbonyl (C=O) groups is 1. The maximum Gasteiger partial charge on any atom is 0.231 e. The summed E-state index contributed by atoms with van der Waals surface area (Å²) in [5.41, 5.74) is 1.42. The minimum Gasteiger partial charge on any atom is -0.507 e. The van der Waals surface area contributed by atoms with E-state index in [0.717, 1.165) is 0 Å². The first-order valence-corrected chi connectivity index (χ1v) is 7.79. The van der Waals surface area contributed by atoms with Crippen LogP contribution in [-0.2, 0) is 6.54 Å². The Labute approximate surface area is 150 Å². The standard InChI is InChI=1S/C19H14N4O3/c20-5-8-23(9-6-21)12-15-16(24)4-3-14-18(25)17(26-19(14)15)10-13-2-1-7-22-11-13/h1-4,7,10-11,24H,8-9,12H2. The van der Waals surface area contributed by atoms with Crippen LogP contribution in [0.2, 0.25) is 0 Å². The molecule has 0 bridgehead atoms. The van der Waals surface area contributed by atoms with E-state index in [-0.39, 0.29) is 42.7 Å². The number of aromatic nitrogens is 1. The number of rotatable bonds is 5. The number of pyridine rings is 1. The number of hydrogen-bond donors (Lipinski definition) is 1. The van der Waals surface area contributed by atoms with Crippen molar-refractivity contribution in [3.63, 3.8) is 0 Å². The molecule has 1 N–H and O–H groups in total. The van der Waals surface area contributed by atoms with E-state index in [1.807, 2.05) is 12.1 Å². The Kier molecular flexibility index (Phi) is 4.93. The molecule has 0 fully saturated rings. The number of nitrogens with zero attached hydrogens (tertiary/aromatic N) is 4. The van der Waals surface area contributed by atoms with Gasteiger partial charge in [0.15, 0.2) is 5.76 Å². The summed E-state index contributed by atoms with van der Waals surface area (Å²) in [6.07, 6.45) is 4.81. The van der Waals surface area contributed by atoms with Gasteiger partial charge in [-0.15, -0.1) is 0 Å². The number of hydrogen-bond acceptors (Lipinski definition) is 7. The molecule has 0 aliphatic carbocycles. The summed E-state index contributed by atoms with van der Waals surface area (Å²) in [4.78, 5) is 18.1. The number of carbonyl (C=O) groups excluding carboxylic acids is 1. The molecule has 2 aromatic rings. The Morgan fingerprint density at radius 3 is 2.65 bits per heavy atom. The third-order valence-corrected chi connectivity index (χ3v) is 3.87. The molecule has 1 aliphatic heterocycles. The van der Waals surface area contributed by atoms with Gasteiger partial charge in [0.2, 0.25) is 5.78 Å². The van der Waals surface area contributed by atoms with E-state index in [1.165, 1.54) is 12.1 Å². The van der Waals surface area contributed by atoms with Crippen molar-refractivity contribution in [1.29, 1.82) is 10.5 Å². The maximum atomic E-state index is 12.6. The Morgan fingerprint density at radius 2 is 2.00 bits per heavy atom. The zero-order valence-electron chi connectivity index (χ0n) is 13.7. The van der Waals surface area contributed by atoms with Gasteiger partial charge in [-0.2, -0.15) is 10.5 Å². The molecule has 1 aromatic carbocycles. The van der Waals surface area contributed by atoms with Crippen molar-refractivity contribution in [3.05, 3.63) is 59.1 Å². The first-order valence-electron chi connectivity index (χ1n) is 7.79. The monoisotopic (exact) mass is 346 g/mol. The Hall–Kier alpha value is -3.68. The molecule has 128 valence electrons. The number of nitriles is 2. The molecule has 0 atom stereocenters. The molecule has 1 aliphatic rings. The normalized spacial score (nSPS) is 14.0. The van der Waals surface area contributed by atoms with E-state index in [4.69, 9.17) is 15.3 Å². The van der Waals surface area contributed by atoms with Crippen LogP contribution in [0.25, 0.3) is 6.08 Å². The lowest BCUT2D eigenvalue weighted by molar-refractivity contribution is 0.101. The number of aromatic hydroxyl groups is 1. The fourth-order valence-corrected chi connectivity index (χ4v) is 2.65. The summed E-state index contributed by atoms with van der Waals surface area (Å²) in [6, 6.07) is 10.4. The van der Waals surface area contributed by atoms with Crippen LogP contribution in [0.3, 0.4) is 0 Å². The largest absolute Gasteiger partial charge is 0.507 e. The second-order valence-electron chi connectivity index (χ2n) is 5.63. The van der Waals surface area contributed by atoms with Gasteiger partial charge < -0.3 is 9.84 Å². The number of phenolic OH excluding ortho intramolecular Hbond substituents is 1. The average Bonchev–Trinajstić information content (AvgIpc) is 2.95. The third-order valence-electron chi connectivity index (χ3n) is 3.87. The molecule has 7 nitrogen and oxygen atoms in total. The quantitative estimate of drug-likeness (QED) is 0.653. The number of allylic oxidation sites excluding steroid dienone is 1. The van der Waals surface area contributed by atoms with Gasteiger partial charge in [-0.1, -0.05) is 6.07 Å². The maximum absolute atomic E-state index is 12.6. The number of benzene rings is 1. The van der Waals surface area contributed by atoms with Crippen LogP contribution in [0, 0.1) is 22.7 Å². The second kappa shape index (κ2) is 7.47. The lowest BCUT2D eigenvalue weighted by Gasteiger charge is -2.17. The van der Waals surface area contributed by atoms with Crippen LogP contribution in [0.15, 0.2) is 42.4 Å². The zero-order valence-corrected chi connectivity index (χ0v) is 13.7. The molecule has 2 heterocycles. The molecular weight excluding hydrogens is 332 g/mol. The summed E-state index contributed by atoms with van der Waals surface area (Å²) in [7, 11) is 0. The molecular formula is C19H14N4O3. The second-order valence-corrected chi connectivity index (χ2v) is 5.63. The highest BCUT2D eigenvalue weighted by Crippen LogP contribution is 2.40. The van der Waals surface area contributed by atoms with Gasteiger partial charge in [0.05, 0.1) is 36.4 Å². The lowest BCUT2D eigenvalue weighted by Crippen LogP contribution is -2.24. The fourth-order valence-electron chi connectivity index (χ4n) is 2.65. The van der Waals surface area contributed by atoms with E-state index >= 15 is 0 Å². The lowest BCUT2D eigenvalue weighted by atomic mass is 10.0. The summed E-state index contributed by atoms with van der Waals surface area (Å²) in [5.74, 6) is 0.0373. The van der Waals surface area contributed by atoms with Gasteiger partial charge in [-0.05, 0) is 29.8 Å². The topological polar surface area (TPSA) is 110 Å². The Balaban J connectivity index is 1.96. The Morgan fingerprint density at radius 1 is 1.23 bits per heavy atom. The van der Waals surface area contributed by atoms with Gasteiger partial charge in [-0.25, -0.2) is 0 Å². The van der Waals surface area contributed by atoms with Crippen molar-refractivity contribution >= 4 is 11.9 Å². The molecule has 0 saturated carbocycles. The van der Waals surface area contributed by atoms with Crippen LogP contribution in [0.5, 0.6) is 11.5 Å². The van der Waals surface area contributed by atoms with Crippen molar-refractivity contribution in [2.45, 2.75) is 6.54 Å². The Bertz CT molecular complexity index is 939. The highest BCUT2D eigenvalue weighted by atomic mass is 16.5. The van der Waals surface area contributed by atoms with Crippen molar-refractivity contribution in [1.82, 2.24) is 9.88 Å². The van der Waals surface area contributed by atoms with E-state index in [1.54, 1.807) is 35.5 Å². The molecule has 0 radical (unpaired) electrons. The minimum atomic E-state index is -0.294. The number of Topliss-reactive ketones (excluding diaryl/α,β-unsaturated/α-hetero) is 1. The molecule has 3 rings (SSSR count). The first kappa shape index (κ1) is 17.2. The van der Waals surface area contributed by atoms with Gasteiger partial charge in [0, 0.05) is 18.9 Å². The van der Waals surface area contributed by atoms with Crippen LogP contribution in [-0.4, -0.2) is 33.9 Å². The molecule has 1 aromatic heterocycles. The predicted octanol–water partition coefficient (Wildman–Crippen LogP) is 2.25. The zero-order chi connectivity index (χ0) is 18.5. The van der Waals surface area contributed by atoms with Gasteiger partial charge in [0.25, 0.3) is 0 Å². The number of phenols is 1. The van der Waals surface area contributed by atoms with Crippen LogP contribution in [0.4, 0.5) is 0 Å². The fraction of sp³-hybridized carbons (Fsp3) is 0.158. The molecule has 0 unspecified atom stereocenters. The highest BCUT2D eigenvalue weighted by Gasteiger charge is 2.31. The van der Waals surface area contributed by atoms with Crippen molar-refractivity contribution in [3.8, 4) is 23.6 Å². The van der Waals surface area contributed by atoms with Crippen LogP contribution in [0.1, 0.15) is 21.5 Å². The SMILES string of the molecule is N#CCN(CC#N)Cc1c(O)ccc2c1OC(=Cc1cccnc1)C2=O. The van der Waals surface area contributed by atoms with E-state index in [9.17, 15) is 9.90 Å². The van der Waals surface area contributed by atoms with E-state index < -0.39 is 0 Å². The summed E-state index contributed by atoms with van der Waals surface area (Å²) in [5, 5.41) is 28.0. The van der Waals surface area contributed by atoms with Crippen LogP contribution < -0.4 is 4.74 Å². The molecule has 0 spiro atoms. The van der Waals surface area contributed by atoms with Gasteiger partial charge >= 0.3 is 0 Å². The summed E-state index contributed by atoms with van der Waals surface area (Å²) < 4.78 is 5.72. The van der Waals surface area contributed by atoms with Crippen molar-refractivity contribution < 1.29 is 14.6 Å². The molecule has 0 saturated heterocycles. The number of ketones is 1. The van der Waals surface area contributed by atoms with Crippen molar-refractivity contribution in [2.75, 3.05) is 13.1 Å². The highest BCUT2D eigenvalue weighted by molar-refractivity contribution is 6.14. The van der Waals surface area contributed by atoms with Gasteiger partial charge in [0.1, 0.15) is 11.5 Å². The van der Waals surface area contributed by atoms with E-state index in [2.05, 4.69) is 4.98 Å². The summed E-state index contributed by atoms with van der Waals surface area (Å²) >= 11 is 0. The van der Waals surface area contributed by atoms with E-state index in [0.29, 0.717) is 16.7 Å². The average molecular weight is 346 g/mol. The smallest absolute Gasteiger partial charge is 0.231 e. The number of ether oxygens (including phenoxy) is 1. The third kappa shape index (κ3) is 3.39. The first-order chi connectivity index (χ1) is 12.6. The summed E-state index contributed by atoms with van der Waals surface area (Å²) in [6.45, 7) is 0.148.